The summed E-state index contributed by atoms with van der Waals surface area (Å²) in [4.78, 5) is 3.23. The highest BCUT2D eigenvalue weighted by Gasteiger charge is 2.34. The first-order valence-electron chi connectivity index (χ1n) is 5.25. The van der Waals surface area contributed by atoms with Gasteiger partial charge in [-0.2, -0.15) is 0 Å². The van der Waals surface area contributed by atoms with Crippen LogP contribution in [0.3, 0.4) is 0 Å². The van der Waals surface area contributed by atoms with E-state index in [4.69, 9.17) is 0 Å². The molecule has 1 aromatic carbocycles. The molecule has 3 N–H and O–H groups in total. The van der Waals surface area contributed by atoms with Crippen molar-refractivity contribution in [3.05, 3.63) is 36.0 Å². The molecule has 0 spiro atoms. The number of para-hydroxylation sites is 1. The van der Waals surface area contributed by atoms with Crippen molar-refractivity contribution < 1.29 is 5.11 Å². The summed E-state index contributed by atoms with van der Waals surface area (Å²) in [6.07, 6.45) is 2.66. The molecule has 1 aliphatic rings. The zero-order valence-electron chi connectivity index (χ0n) is 8.46. The molecule has 0 atom stereocenters. The number of aromatic nitrogens is 1. The van der Waals surface area contributed by atoms with Crippen LogP contribution in [0.1, 0.15) is 5.56 Å². The van der Waals surface area contributed by atoms with Gasteiger partial charge in [0.2, 0.25) is 0 Å². The van der Waals surface area contributed by atoms with Crippen LogP contribution >= 0.6 is 0 Å². The average molecular weight is 202 g/mol. The average Bonchev–Trinajstić information content (AvgIpc) is 2.64. The Labute approximate surface area is 88.1 Å². The third kappa shape index (κ3) is 1.44. The Morgan fingerprint density at radius 3 is 2.87 bits per heavy atom. The number of H-pyrrole nitrogens is 1. The second-order valence-corrected chi connectivity index (χ2v) is 4.36. The van der Waals surface area contributed by atoms with Crippen LogP contribution in [0.15, 0.2) is 30.5 Å². The monoisotopic (exact) mass is 202 g/mol. The highest BCUT2D eigenvalue weighted by Crippen LogP contribution is 2.23. The maximum atomic E-state index is 10.1. The fourth-order valence-corrected chi connectivity index (χ4v) is 2.19. The number of nitrogens with one attached hydrogen (secondary N) is 2. The molecular formula is C12H14N2O. The van der Waals surface area contributed by atoms with Gasteiger partial charge in [-0.05, 0) is 17.0 Å². The zero-order valence-corrected chi connectivity index (χ0v) is 8.46. The summed E-state index contributed by atoms with van der Waals surface area (Å²) in [7, 11) is 0. The summed E-state index contributed by atoms with van der Waals surface area (Å²) in [5, 5.41) is 14.4. The van der Waals surface area contributed by atoms with Gasteiger partial charge in [0.15, 0.2) is 0 Å². The number of rotatable bonds is 2. The predicted octanol–water partition coefficient (Wildman–Crippen LogP) is 1.04. The molecular weight excluding hydrogens is 188 g/mol. The van der Waals surface area contributed by atoms with Crippen molar-refractivity contribution in [1.82, 2.24) is 10.3 Å². The van der Waals surface area contributed by atoms with Crippen molar-refractivity contribution in [3.8, 4) is 0 Å². The van der Waals surface area contributed by atoms with E-state index in [0.29, 0.717) is 13.1 Å². The van der Waals surface area contributed by atoms with Crippen LogP contribution in [-0.4, -0.2) is 28.8 Å². The molecule has 0 unspecified atom stereocenters. The molecule has 3 rings (SSSR count). The summed E-state index contributed by atoms with van der Waals surface area (Å²) in [6, 6.07) is 8.26. The Kier molecular flexibility index (Phi) is 1.84. The van der Waals surface area contributed by atoms with E-state index in [0.717, 1.165) is 11.9 Å². The van der Waals surface area contributed by atoms with Crippen LogP contribution < -0.4 is 5.32 Å². The van der Waals surface area contributed by atoms with Gasteiger partial charge in [-0.25, -0.2) is 0 Å². The molecule has 3 heteroatoms. The number of hydrogen-bond acceptors (Lipinski definition) is 2. The minimum absolute atomic E-state index is 0.542. The summed E-state index contributed by atoms with van der Waals surface area (Å²) in [5.74, 6) is 0. The van der Waals surface area contributed by atoms with Gasteiger partial charge in [-0.15, -0.1) is 0 Å². The van der Waals surface area contributed by atoms with E-state index in [1.807, 2.05) is 12.3 Å². The number of benzene rings is 1. The fourth-order valence-electron chi connectivity index (χ4n) is 2.19. The molecule has 78 valence electrons. The van der Waals surface area contributed by atoms with E-state index in [-0.39, 0.29) is 0 Å². The van der Waals surface area contributed by atoms with Crippen LogP contribution in [0.2, 0.25) is 0 Å². The third-order valence-corrected chi connectivity index (χ3v) is 3.10. The van der Waals surface area contributed by atoms with Crippen molar-refractivity contribution in [1.29, 1.82) is 0 Å². The van der Waals surface area contributed by atoms with Gasteiger partial charge >= 0.3 is 0 Å². The highest BCUT2D eigenvalue weighted by molar-refractivity contribution is 5.82. The van der Waals surface area contributed by atoms with Crippen molar-refractivity contribution in [2.45, 2.75) is 12.0 Å². The summed E-state index contributed by atoms with van der Waals surface area (Å²) in [6.45, 7) is 1.40. The molecule has 1 aliphatic heterocycles. The van der Waals surface area contributed by atoms with Gasteiger partial charge in [0, 0.05) is 31.2 Å². The molecule has 2 aromatic rings. The molecule has 15 heavy (non-hydrogen) atoms. The van der Waals surface area contributed by atoms with Crippen molar-refractivity contribution in [2.24, 2.45) is 0 Å². The summed E-state index contributed by atoms with van der Waals surface area (Å²) < 4.78 is 0. The second kappa shape index (κ2) is 3.08. The van der Waals surface area contributed by atoms with Crippen LogP contribution in [-0.2, 0) is 6.42 Å². The molecule has 0 saturated carbocycles. The van der Waals surface area contributed by atoms with E-state index < -0.39 is 5.60 Å². The SMILES string of the molecule is OC1(Cc2cccc3cc[nH]c23)CNC1. The number of aliphatic hydroxyl groups is 1. The Balaban J connectivity index is 1.99. The third-order valence-electron chi connectivity index (χ3n) is 3.10. The summed E-state index contributed by atoms with van der Waals surface area (Å²) >= 11 is 0. The first kappa shape index (κ1) is 8.95. The normalized spacial score (nSPS) is 19.0. The van der Waals surface area contributed by atoms with Crippen LogP contribution in [0.25, 0.3) is 10.9 Å². The van der Waals surface area contributed by atoms with E-state index in [2.05, 4.69) is 28.5 Å². The van der Waals surface area contributed by atoms with Crippen LogP contribution in [0, 0.1) is 0 Å². The first-order valence-corrected chi connectivity index (χ1v) is 5.25. The largest absolute Gasteiger partial charge is 0.387 e. The fraction of sp³-hybridized carbons (Fsp3) is 0.333. The maximum absolute atomic E-state index is 10.1. The lowest BCUT2D eigenvalue weighted by Gasteiger charge is -2.37. The van der Waals surface area contributed by atoms with Crippen LogP contribution in [0.4, 0.5) is 0 Å². The van der Waals surface area contributed by atoms with Gasteiger partial charge in [0.1, 0.15) is 0 Å². The molecule has 3 nitrogen and oxygen atoms in total. The minimum Gasteiger partial charge on any atom is -0.387 e. The quantitative estimate of drug-likeness (QED) is 0.681. The smallest absolute Gasteiger partial charge is 0.0935 e. The van der Waals surface area contributed by atoms with Gasteiger partial charge in [0.05, 0.1) is 5.60 Å². The van der Waals surface area contributed by atoms with Gasteiger partial charge in [0.25, 0.3) is 0 Å². The molecule has 0 radical (unpaired) electrons. The lowest BCUT2D eigenvalue weighted by Crippen LogP contribution is -2.60. The molecule has 0 bridgehead atoms. The zero-order chi connectivity index (χ0) is 10.3. The highest BCUT2D eigenvalue weighted by atomic mass is 16.3. The molecule has 0 aliphatic carbocycles. The Bertz CT molecular complexity index is 485. The van der Waals surface area contributed by atoms with E-state index >= 15 is 0 Å². The Morgan fingerprint density at radius 2 is 2.13 bits per heavy atom. The number of fused-ring (bicyclic) bond motifs is 1. The molecule has 0 amide bonds. The number of aromatic amines is 1. The molecule has 1 fully saturated rings. The first-order chi connectivity index (χ1) is 7.27. The number of hydrogen-bond donors (Lipinski definition) is 3. The standard InChI is InChI=1S/C12H14N2O/c15-12(7-13-8-12)6-10-3-1-2-9-4-5-14-11(9)10/h1-5,13-15H,6-8H2. The topological polar surface area (TPSA) is 48.0 Å². The Morgan fingerprint density at radius 1 is 1.27 bits per heavy atom. The predicted molar refractivity (Wildman–Crippen MR) is 59.8 cm³/mol. The van der Waals surface area contributed by atoms with E-state index in [1.54, 1.807) is 0 Å². The lowest BCUT2D eigenvalue weighted by atomic mass is 9.88. The molecule has 1 saturated heterocycles. The molecule has 2 heterocycles. The minimum atomic E-state index is -0.542. The van der Waals surface area contributed by atoms with E-state index in [1.165, 1.54) is 10.9 Å². The van der Waals surface area contributed by atoms with Gasteiger partial charge < -0.3 is 15.4 Å². The summed E-state index contributed by atoms with van der Waals surface area (Å²) in [5.41, 5.74) is 1.80. The second-order valence-electron chi connectivity index (χ2n) is 4.36. The lowest BCUT2D eigenvalue weighted by molar-refractivity contribution is -0.00877. The van der Waals surface area contributed by atoms with Crippen molar-refractivity contribution in [2.75, 3.05) is 13.1 Å². The number of β-amino-alcohol motifs (C(OH)–C–C–N with tert-alkyl or cyclic N) is 1. The molecule has 1 aromatic heterocycles. The van der Waals surface area contributed by atoms with Crippen molar-refractivity contribution >= 4 is 10.9 Å². The maximum Gasteiger partial charge on any atom is 0.0935 e. The van der Waals surface area contributed by atoms with Crippen LogP contribution in [0.5, 0.6) is 0 Å². The Hall–Kier alpha value is -1.32. The van der Waals surface area contributed by atoms with Crippen molar-refractivity contribution in [3.63, 3.8) is 0 Å². The van der Waals surface area contributed by atoms with E-state index in [9.17, 15) is 5.11 Å². The van der Waals surface area contributed by atoms with Gasteiger partial charge in [-0.3, -0.25) is 0 Å². The van der Waals surface area contributed by atoms with Gasteiger partial charge in [-0.1, -0.05) is 18.2 Å².